The van der Waals surface area contributed by atoms with E-state index in [2.05, 4.69) is 12.2 Å². The molecule has 1 spiro atoms. The minimum atomic E-state index is -0.850. The fraction of sp³-hybridized carbons (Fsp3) is 0.476. The van der Waals surface area contributed by atoms with Gasteiger partial charge in [-0.1, -0.05) is 6.92 Å². The van der Waals surface area contributed by atoms with Gasteiger partial charge in [-0.25, -0.2) is 4.79 Å². The van der Waals surface area contributed by atoms with Crippen LogP contribution in [0.25, 0.3) is 0 Å². The number of furan rings is 2. The van der Waals surface area contributed by atoms with Crippen molar-refractivity contribution in [3.05, 3.63) is 48.3 Å². The van der Waals surface area contributed by atoms with Crippen LogP contribution < -0.4 is 5.32 Å². The summed E-state index contributed by atoms with van der Waals surface area (Å²) in [6, 6.07) is 6.54. The maximum absolute atomic E-state index is 13.0. The molecule has 2 aromatic heterocycles. The second-order valence-electron chi connectivity index (χ2n) is 7.99. The van der Waals surface area contributed by atoms with Crippen LogP contribution in [-0.4, -0.2) is 39.7 Å². The fourth-order valence-corrected chi connectivity index (χ4v) is 4.06. The monoisotopic (exact) mass is 399 g/mol. The number of amides is 4. The van der Waals surface area contributed by atoms with E-state index in [4.69, 9.17) is 8.83 Å². The van der Waals surface area contributed by atoms with Gasteiger partial charge in [-0.05, 0) is 55.9 Å². The average molecular weight is 399 g/mol. The molecule has 2 aliphatic rings. The van der Waals surface area contributed by atoms with Gasteiger partial charge >= 0.3 is 6.03 Å². The van der Waals surface area contributed by atoms with E-state index >= 15 is 0 Å². The smallest absolute Gasteiger partial charge is 0.325 e. The van der Waals surface area contributed by atoms with Crippen molar-refractivity contribution in [2.45, 2.75) is 51.2 Å². The molecular weight excluding hydrogens is 374 g/mol. The van der Waals surface area contributed by atoms with Crippen LogP contribution in [0, 0.1) is 5.92 Å². The standard InChI is InChI=1S/C21H25N3O5/c1-15-6-8-21(9-7-15)19(26)24(20(27)22-21)14-18(25)23(12-16-4-2-10-28-16)13-17-5-3-11-29-17/h2-5,10-11,15H,6-9,12-14H2,1H3,(H,22,27). The first kappa shape index (κ1) is 19.3. The Morgan fingerprint density at radius 3 is 2.24 bits per heavy atom. The van der Waals surface area contributed by atoms with Crippen molar-refractivity contribution >= 4 is 17.8 Å². The van der Waals surface area contributed by atoms with Gasteiger partial charge < -0.3 is 19.1 Å². The molecule has 1 N–H and O–H groups in total. The van der Waals surface area contributed by atoms with Crippen LogP contribution in [-0.2, 0) is 22.7 Å². The van der Waals surface area contributed by atoms with Crippen molar-refractivity contribution < 1.29 is 23.2 Å². The van der Waals surface area contributed by atoms with Gasteiger partial charge in [0.15, 0.2) is 0 Å². The van der Waals surface area contributed by atoms with Crippen LogP contribution in [0.2, 0.25) is 0 Å². The Hall–Kier alpha value is -3.03. The Morgan fingerprint density at radius 1 is 1.14 bits per heavy atom. The second-order valence-corrected chi connectivity index (χ2v) is 7.99. The summed E-state index contributed by atoms with van der Waals surface area (Å²) in [6.07, 6.45) is 6.08. The molecule has 3 heterocycles. The minimum Gasteiger partial charge on any atom is -0.467 e. The van der Waals surface area contributed by atoms with Crippen LogP contribution in [0.1, 0.15) is 44.1 Å². The van der Waals surface area contributed by atoms with Crippen LogP contribution in [0.4, 0.5) is 4.79 Å². The zero-order valence-corrected chi connectivity index (χ0v) is 16.4. The predicted octanol–water partition coefficient (Wildman–Crippen LogP) is 2.90. The summed E-state index contributed by atoms with van der Waals surface area (Å²) in [5, 5.41) is 2.85. The number of hydrogen-bond acceptors (Lipinski definition) is 5. The Kier molecular flexibility index (Phi) is 5.17. The SMILES string of the molecule is CC1CCC2(CC1)NC(=O)N(CC(=O)N(Cc1ccco1)Cc1ccco1)C2=O. The number of carbonyl (C=O) groups is 3. The molecule has 1 aliphatic carbocycles. The van der Waals surface area contributed by atoms with E-state index in [1.165, 1.54) is 17.4 Å². The molecule has 0 atom stereocenters. The number of carbonyl (C=O) groups excluding carboxylic acids is 3. The number of nitrogens with one attached hydrogen (secondary N) is 1. The van der Waals surface area contributed by atoms with E-state index in [9.17, 15) is 14.4 Å². The van der Waals surface area contributed by atoms with Gasteiger partial charge in [0.25, 0.3) is 5.91 Å². The molecule has 29 heavy (non-hydrogen) atoms. The van der Waals surface area contributed by atoms with Gasteiger partial charge in [0.05, 0.1) is 25.6 Å². The largest absolute Gasteiger partial charge is 0.467 e. The highest BCUT2D eigenvalue weighted by Gasteiger charge is 2.52. The first-order chi connectivity index (χ1) is 14.0. The maximum Gasteiger partial charge on any atom is 0.325 e. The molecule has 8 heteroatoms. The minimum absolute atomic E-state index is 0.221. The lowest BCUT2D eigenvalue weighted by Crippen LogP contribution is -2.50. The molecule has 1 aliphatic heterocycles. The Labute approximate surface area is 168 Å². The van der Waals surface area contributed by atoms with E-state index in [1.807, 2.05) is 0 Å². The second kappa shape index (κ2) is 7.77. The molecule has 0 unspecified atom stereocenters. The highest BCUT2D eigenvalue weighted by atomic mass is 16.3. The molecule has 1 saturated carbocycles. The maximum atomic E-state index is 13.0. The lowest BCUT2D eigenvalue weighted by Gasteiger charge is -2.33. The summed E-state index contributed by atoms with van der Waals surface area (Å²) in [5.41, 5.74) is -0.850. The molecular formula is C21H25N3O5. The number of urea groups is 1. The van der Waals surface area contributed by atoms with Crippen molar-refractivity contribution in [3.63, 3.8) is 0 Å². The van der Waals surface area contributed by atoms with Crippen molar-refractivity contribution in [1.29, 1.82) is 0 Å². The molecule has 4 amide bonds. The molecule has 0 aromatic carbocycles. The van der Waals surface area contributed by atoms with Gasteiger partial charge in [0, 0.05) is 0 Å². The summed E-state index contributed by atoms with van der Waals surface area (Å²) in [4.78, 5) is 41.2. The van der Waals surface area contributed by atoms with Crippen molar-refractivity contribution in [1.82, 2.24) is 15.1 Å². The molecule has 154 valence electrons. The zero-order chi connectivity index (χ0) is 20.4. The van der Waals surface area contributed by atoms with Crippen LogP contribution in [0.3, 0.4) is 0 Å². The number of rotatable bonds is 6. The number of hydrogen-bond donors (Lipinski definition) is 1. The van der Waals surface area contributed by atoms with Crippen LogP contribution in [0.15, 0.2) is 45.6 Å². The van der Waals surface area contributed by atoms with Gasteiger partial charge in [-0.15, -0.1) is 0 Å². The van der Waals surface area contributed by atoms with Gasteiger partial charge in [0.2, 0.25) is 5.91 Å². The molecule has 8 nitrogen and oxygen atoms in total. The van der Waals surface area contributed by atoms with E-state index in [-0.39, 0.29) is 31.4 Å². The quantitative estimate of drug-likeness (QED) is 0.754. The summed E-state index contributed by atoms with van der Waals surface area (Å²) in [6.45, 7) is 2.29. The molecule has 2 fully saturated rings. The van der Waals surface area contributed by atoms with E-state index in [0.717, 1.165) is 17.7 Å². The van der Waals surface area contributed by atoms with Gasteiger partial charge in [-0.3, -0.25) is 14.5 Å². The number of imide groups is 1. The summed E-state index contributed by atoms with van der Waals surface area (Å²) in [5.74, 6) is 1.12. The average Bonchev–Trinajstić information content (AvgIpc) is 3.44. The molecule has 0 bridgehead atoms. The third kappa shape index (κ3) is 3.92. The van der Waals surface area contributed by atoms with Crippen molar-refractivity contribution in [2.75, 3.05) is 6.54 Å². The van der Waals surface area contributed by atoms with Crippen molar-refractivity contribution in [3.8, 4) is 0 Å². The fourth-order valence-electron chi connectivity index (χ4n) is 4.06. The van der Waals surface area contributed by atoms with E-state index < -0.39 is 11.6 Å². The highest BCUT2D eigenvalue weighted by Crippen LogP contribution is 2.36. The highest BCUT2D eigenvalue weighted by molar-refractivity contribution is 6.09. The third-order valence-corrected chi connectivity index (χ3v) is 5.87. The Balaban J connectivity index is 1.47. The molecule has 2 aromatic rings. The van der Waals surface area contributed by atoms with Gasteiger partial charge in [-0.2, -0.15) is 0 Å². The molecule has 1 saturated heterocycles. The predicted molar refractivity (Wildman–Crippen MR) is 102 cm³/mol. The molecule has 4 rings (SSSR count). The summed E-state index contributed by atoms with van der Waals surface area (Å²) < 4.78 is 10.7. The first-order valence-corrected chi connectivity index (χ1v) is 9.93. The zero-order valence-electron chi connectivity index (χ0n) is 16.4. The van der Waals surface area contributed by atoms with E-state index in [0.29, 0.717) is 30.3 Å². The van der Waals surface area contributed by atoms with Crippen LogP contribution in [0.5, 0.6) is 0 Å². The lowest BCUT2D eigenvalue weighted by molar-refractivity contribution is -0.140. The first-order valence-electron chi connectivity index (χ1n) is 9.93. The third-order valence-electron chi connectivity index (χ3n) is 5.87. The lowest BCUT2D eigenvalue weighted by atomic mass is 9.77. The normalized spacial score (nSPS) is 24.2. The van der Waals surface area contributed by atoms with Crippen molar-refractivity contribution in [2.24, 2.45) is 5.92 Å². The topological polar surface area (TPSA) is 96.0 Å². The summed E-state index contributed by atoms with van der Waals surface area (Å²) in [7, 11) is 0. The van der Waals surface area contributed by atoms with Gasteiger partial charge in [0.1, 0.15) is 23.6 Å². The van der Waals surface area contributed by atoms with E-state index in [1.54, 1.807) is 24.3 Å². The molecule has 0 radical (unpaired) electrons. The number of nitrogens with zero attached hydrogens (tertiary/aromatic N) is 2. The van der Waals surface area contributed by atoms with Crippen LogP contribution >= 0.6 is 0 Å². The summed E-state index contributed by atoms with van der Waals surface area (Å²) >= 11 is 0. The Bertz CT molecular complexity index is 830. The Morgan fingerprint density at radius 2 is 1.72 bits per heavy atom.